The number of esters is 1. The fraction of sp³-hybridized carbons (Fsp3) is 0.917. The molecular weight excluding hydrogens is 176 g/mol. The van der Waals surface area contributed by atoms with Gasteiger partial charge in [-0.2, -0.15) is 0 Å². The lowest BCUT2D eigenvalue weighted by Gasteiger charge is -2.23. The minimum absolute atomic E-state index is 0.0133. The molecule has 1 fully saturated rings. The van der Waals surface area contributed by atoms with Crippen molar-refractivity contribution in [2.75, 3.05) is 0 Å². The van der Waals surface area contributed by atoms with Crippen LogP contribution in [0.1, 0.15) is 59.3 Å². The van der Waals surface area contributed by atoms with Gasteiger partial charge in [-0.1, -0.05) is 25.7 Å². The van der Waals surface area contributed by atoms with Crippen LogP contribution in [0.25, 0.3) is 0 Å². The summed E-state index contributed by atoms with van der Waals surface area (Å²) in [5, 5.41) is 0. The van der Waals surface area contributed by atoms with E-state index < -0.39 is 0 Å². The molecule has 0 amide bonds. The van der Waals surface area contributed by atoms with Crippen molar-refractivity contribution in [3.8, 4) is 0 Å². The maximum Gasteiger partial charge on any atom is 0.309 e. The van der Waals surface area contributed by atoms with Crippen molar-refractivity contribution < 1.29 is 9.53 Å². The van der Waals surface area contributed by atoms with Gasteiger partial charge in [-0.05, 0) is 33.6 Å². The maximum atomic E-state index is 11.7. The number of hydrogen-bond donors (Lipinski definition) is 0. The summed E-state index contributed by atoms with van der Waals surface area (Å²) in [6.07, 6.45) is 6.97. The summed E-state index contributed by atoms with van der Waals surface area (Å²) in [5.74, 6) is 0.177. The third kappa shape index (κ3) is 4.12. The normalized spacial score (nSPS) is 20.2. The molecule has 14 heavy (non-hydrogen) atoms. The average Bonchev–Trinajstić information content (AvgIpc) is 2.27. The maximum absolute atomic E-state index is 11.7. The van der Waals surface area contributed by atoms with Gasteiger partial charge in [0.05, 0.1) is 5.92 Å². The first-order valence-corrected chi connectivity index (χ1v) is 5.72. The molecule has 1 aliphatic carbocycles. The van der Waals surface area contributed by atoms with Gasteiger partial charge in [0.25, 0.3) is 0 Å². The molecule has 0 aromatic rings. The highest BCUT2D eigenvalue weighted by Crippen LogP contribution is 2.25. The molecule has 0 aliphatic heterocycles. The van der Waals surface area contributed by atoms with Gasteiger partial charge in [-0.3, -0.25) is 4.79 Å². The molecule has 2 heteroatoms. The zero-order chi connectivity index (χ0) is 10.6. The Morgan fingerprint density at radius 3 is 2.00 bits per heavy atom. The zero-order valence-electron chi connectivity index (χ0n) is 9.64. The van der Waals surface area contributed by atoms with Crippen molar-refractivity contribution in [1.82, 2.24) is 0 Å². The van der Waals surface area contributed by atoms with Crippen LogP contribution in [-0.4, -0.2) is 11.6 Å². The molecule has 2 nitrogen and oxygen atoms in total. The Labute approximate surface area is 87.0 Å². The molecular formula is C12H22O2. The minimum atomic E-state index is -0.330. The topological polar surface area (TPSA) is 26.3 Å². The molecule has 0 saturated heterocycles. The van der Waals surface area contributed by atoms with Crippen LogP contribution in [0.4, 0.5) is 0 Å². The van der Waals surface area contributed by atoms with Crippen LogP contribution in [-0.2, 0) is 9.53 Å². The van der Waals surface area contributed by atoms with E-state index in [9.17, 15) is 4.79 Å². The summed E-state index contributed by atoms with van der Waals surface area (Å²) in [5.41, 5.74) is -0.330. The van der Waals surface area contributed by atoms with E-state index in [0.717, 1.165) is 12.8 Å². The summed E-state index contributed by atoms with van der Waals surface area (Å²) < 4.78 is 5.39. The van der Waals surface area contributed by atoms with Crippen LogP contribution in [0.15, 0.2) is 0 Å². The number of hydrogen-bond acceptors (Lipinski definition) is 2. The number of carbonyl (C=O) groups is 1. The molecule has 0 heterocycles. The lowest BCUT2D eigenvalue weighted by atomic mass is 10.0. The first-order chi connectivity index (χ1) is 6.49. The lowest BCUT2D eigenvalue weighted by Crippen LogP contribution is -2.28. The quantitative estimate of drug-likeness (QED) is 0.477. The Morgan fingerprint density at radius 2 is 1.57 bits per heavy atom. The average molecular weight is 198 g/mol. The fourth-order valence-corrected chi connectivity index (χ4v) is 1.90. The SMILES string of the molecule is CC(C)(C)OC(=O)C1CCCCCC1. The molecule has 0 unspecified atom stereocenters. The minimum Gasteiger partial charge on any atom is -0.460 e. The van der Waals surface area contributed by atoms with Crippen LogP contribution in [0, 0.1) is 5.92 Å². The Balaban J connectivity index is 2.42. The number of rotatable bonds is 1. The predicted octanol–water partition coefficient (Wildman–Crippen LogP) is 3.30. The van der Waals surface area contributed by atoms with Crippen molar-refractivity contribution in [2.45, 2.75) is 64.9 Å². The van der Waals surface area contributed by atoms with Gasteiger partial charge in [0.1, 0.15) is 5.60 Å². The largest absolute Gasteiger partial charge is 0.460 e. The van der Waals surface area contributed by atoms with Crippen LogP contribution in [0.2, 0.25) is 0 Å². The number of ether oxygens (including phenoxy) is 1. The number of carbonyl (C=O) groups excluding carboxylic acids is 1. The van der Waals surface area contributed by atoms with Gasteiger partial charge >= 0.3 is 5.97 Å². The van der Waals surface area contributed by atoms with Gasteiger partial charge in [0.2, 0.25) is 0 Å². The van der Waals surface area contributed by atoms with Crippen molar-refractivity contribution in [2.24, 2.45) is 5.92 Å². The smallest absolute Gasteiger partial charge is 0.309 e. The van der Waals surface area contributed by atoms with E-state index in [0.29, 0.717) is 0 Å². The summed E-state index contributed by atoms with van der Waals surface area (Å²) >= 11 is 0. The molecule has 0 spiro atoms. The molecule has 1 saturated carbocycles. The third-order valence-corrected chi connectivity index (χ3v) is 2.60. The van der Waals surface area contributed by atoms with E-state index >= 15 is 0 Å². The second-order valence-corrected chi connectivity index (χ2v) is 5.22. The molecule has 0 atom stereocenters. The second-order valence-electron chi connectivity index (χ2n) is 5.22. The summed E-state index contributed by atoms with van der Waals surface area (Å²) in [7, 11) is 0. The Bertz CT molecular complexity index is 183. The van der Waals surface area contributed by atoms with Gasteiger partial charge < -0.3 is 4.74 Å². The Morgan fingerprint density at radius 1 is 1.07 bits per heavy atom. The lowest BCUT2D eigenvalue weighted by molar-refractivity contribution is -0.160. The molecule has 0 bridgehead atoms. The van der Waals surface area contributed by atoms with Crippen LogP contribution in [0.3, 0.4) is 0 Å². The van der Waals surface area contributed by atoms with Gasteiger partial charge in [0.15, 0.2) is 0 Å². The van der Waals surface area contributed by atoms with Gasteiger partial charge in [-0.15, -0.1) is 0 Å². The predicted molar refractivity (Wildman–Crippen MR) is 57.0 cm³/mol. The third-order valence-electron chi connectivity index (χ3n) is 2.60. The highest BCUT2D eigenvalue weighted by molar-refractivity contribution is 5.72. The van der Waals surface area contributed by atoms with Gasteiger partial charge in [0, 0.05) is 0 Å². The Kier molecular flexibility index (Phi) is 3.97. The summed E-state index contributed by atoms with van der Waals surface area (Å²) in [6, 6.07) is 0. The first-order valence-electron chi connectivity index (χ1n) is 5.72. The van der Waals surface area contributed by atoms with Crippen molar-refractivity contribution in [3.05, 3.63) is 0 Å². The van der Waals surface area contributed by atoms with Crippen molar-refractivity contribution in [1.29, 1.82) is 0 Å². The van der Waals surface area contributed by atoms with E-state index in [1.807, 2.05) is 20.8 Å². The standard InChI is InChI=1S/C12H22O2/c1-12(2,3)14-11(13)10-8-6-4-5-7-9-10/h10H,4-9H2,1-3H3. The summed E-state index contributed by atoms with van der Waals surface area (Å²) in [4.78, 5) is 11.7. The van der Waals surface area contributed by atoms with E-state index in [1.165, 1.54) is 25.7 Å². The molecule has 0 N–H and O–H groups in total. The fourth-order valence-electron chi connectivity index (χ4n) is 1.90. The molecule has 0 radical (unpaired) electrons. The van der Waals surface area contributed by atoms with E-state index in [2.05, 4.69) is 0 Å². The van der Waals surface area contributed by atoms with E-state index in [4.69, 9.17) is 4.74 Å². The van der Waals surface area contributed by atoms with Crippen LogP contribution in [0.5, 0.6) is 0 Å². The Hall–Kier alpha value is -0.530. The molecule has 0 aromatic heterocycles. The monoisotopic (exact) mass is 198 g/mol. The van der Waals surface area contributed by atoms with E-state index in [-0.39, 0.29) is 17.5 Å². The molecule has 1 rings (SSSR count). The van der Waals surface area contributed by atoms with Crippen LogP contribution < -0.4 is 0 Å². The highest BCUT2D eigenvalue weighted by Gasteiger charge is 2.25. The van der Waals surface area contributed by atoms with Crippen molar-refractivity contribution >= 4 is 5.97 Å². The summed E-state index contributed by atoms with van der Waals surface area (Å²) in [6.45, 7) is 5.80. The highest BCUT2D eigenvalue weighted by atomic mass is 16.6. The van der Waals surface area contributed by atoms with Crippen LogP contribution >= 0.6 is 0 Å². The second kappa shape index (κ2) is 4.81. The molecule has 1 aliphatic rings. The van der Waals surface area contributed by atoms with Crippen molar-refractivity contribution in [3.63, 3.8) is 0 Å². The molecule has 82 valence electrons. The first kappa shape index (κ1) is 11.5. The zero-order valence-corrected chi connectivity index (χ0v) is 9.64. The molecule has 0 aromatic carbocycles. The van der Waals surface area contributed by atoms with Gasteiger partial charge in [-0.25, -0.2) is 0 Å². The van der Waals surface area contributed by atoms with E-state index in [1.54, 1.807) is 0 Å².